The molecule has 0 bridgehead atoms. The molecule has 0 saturated carbocycles. The molecule has 0 spiro atoms. The van der Waals surface area contributed by atoms with E-state index in [4.69, 9.17) is 0 Å². The molecule has 0 atom stereocenters. The van der Waals surface area contributed by atoms with Gasteiger partial charge in [-0.05, 0) is 48.7 Å². The van der Waals surface area contributed by atoms with Crippen LogP contribution in [0.3, 0.4) is 0 Å². The summed E-state index contributed by atoms with van der Waals surface area (Å²) in [5.41, 5.74) is 4.71. The Labute approximate surface area is 135 Å². The Bertz CT molecular complexity index is 825. The van der Waals surface area contributed by atoms with E-state index in [-0.39, 0.29) is 5.91 Å². The predicted molar refractivity (Wildman–Crippen MR) is 89.4 cm³/mol. The number of aryl methyl sites for hydroxylation is 1. The van der Waals surface area contributed by atoms with Crippen LogP contribution in [0, 0.1) is 13.8 Å². The fourth-order valence-corrected chi connectivity index (χ4v) is 2.39. The van der Waals surface area contributed by atoms with E-state index >= 15 is 0 Å². The van der Waals surface area contributed by atoms with E-state index in [1.807, 2.05) is 56.3 Å². The fourth-order valence-electron chi connectivity index (χ4n) is 2.39. The van der Waals surface area contributed by atoms with Gasteiger partial charge in [0.25, 0.3) is 5.91 Å². The molecule has 3 aromatic rings. The van der Waals surface area contributed by atoms with E-state index < -0.39 is 0 Å². The molecule has 0 unspecified atom stereocenters. The van der Waals surface area contributed by atoms with Crippen LogP contribution in [0.5, 0.6) is 0 Å². The highest BCUT2D eigenvalue weighted by Crippen LogP contribution is 2.19. The van der Waals surface area contributed by atoms with Crippen molar-refractivity contribution >= 4 is 11.6 Å². The van der Waals surface area contributed by atoms with Crippen LogP contribution in [-0.2, 0) is 6.54 Å². The van der Waals surface area contributed by atoms with E-state index in [9.17, 15) is 4.79 Å². The average Bonchev–Trinajstić information content (AvgIpc) is 3.05. The minimum Gasteiger partial charge on any atom is -0.322 e. The second kappa shape index (κ2) is 6.44. The van der Waals surface area contributed by atoms with Crippen molar-refractivity contribution in [3.8, 4) is 0 Å². The van der Waals surface area contributed by atoms with Crippen LogP contribution >= 0.6 is 0 Å². The van der Waals surface area contributed by atoms with Gasteiger partial charge in [0.05, 0.1) is 6.54 Å². The van der Waals surface area contributed by atoms with Gasteiger partial charge in [-0.2, -0.15) is 5.10 Å². The molecule has 5 nitrogen and oxygen atoms in total. The highest BCUT2D eigenvalue weighted by Gasteiger charge is 2.09. The van der Waals surface area contributed by atoms with Crippen molar-refractivity contribution in [1.82, 2.24) is 14.8 Å². The fraction of sp³-hybridized carbons (Fsp3) is 0.167. The first-order valence-electron chi connectivity index (χ1n) is 7.42. The minimum absolute atomic E-state index is 0.112. The lowest BCUT2D eigenvalue weighted by molar-refractivity contribution is 0.102. The number of anilines is 1. The lowest BCUT2D eigenvalue weighted by atomic mass is 10.1. The average molecular weight is 306 g/mol. The molecule has 0 aliphatic carbocycles. The summed E-state index contributed by atoms with van der Waals surface area (Å²) in [6, 6.07) is 13.4. The zero-order valence-electron chi connectivity index (χ0n) is 13.2. The zero-order chi connectivity index (χ0) is 16.2. The van der Waals surface area contributed by atoms with Crippen molar-refractivity contribution in [3.63, 3.8) is 0 Å². The summed E-state index contributed by atoms with van der Waals surface area (Å²) < 4.78 is 1.72. The maximum absolute atomic E-state index is 12.5. The molecule has 1 amide bonds. The highest BCUT2D eigenvalue weighted by atomic mass is 16.1. The molecule has 0 aliphatic rings. The third-order valence-corrected chi connectivity index (χ3v) is 3.85. The van der Waals surface area contributed by atoms with Gasteiger partial charge >= 0.3 is 0 Å². The van der Waals surface area contributed by atoms with Gasteiger partial charge in [-0.1, -0.05) is 24.3 Å². The second-order valence-corrected chi connectivity index (χ2v) is 5.50. The molecular formula is C18H18N4O. The molecule has 0 fully saturated rings. The van der Waals surface area contributed by atoms with E-state index in [2.05, 4.69) is 15.4 Å². The van der Waals surface area contributed by atoms with Gasteiger partial charge in [-0.3, -0.25) is 4.79 Å². The van der Waals surface area contributed by atoms with Crippen molar-refractivity contribution in [2.75, 3.05) is 5.32 Å². The molecule has 1 heterocycles. The van der Waals surface area contributed by atoms with E-state index in [1.165, 1.54) is 6.33 Å². The first-order chi connectivity index (χ1) is 11.1. The van der Waals surface area contributed by atoms with Gasteiger partial charge < -0.3 is 5.32 Å². The molecular weight excluding hydrogens is 288 g/mol. The van der Waals surface area contributed by atoms with Crippen molar-refractivity contribution in [3.05, 3.63) is 77.4 Å². The first kappa shape index (κ1) is 15.0. The van der Waals surface area contributed by atoms with Crippen LogP contribution in [0.15, 0.2) is 55.1 Å². The summed E-state index contributed by atoms with van der Waals surface area (Å²) in [7, 11) is 0. The van der Waals surface area contributed by atoms with Crippen LogP contribution in [0.4, 0.5) is 5.69 Å². The topological polar surface area (TPSA) is 59.8 Å². The second-order valence-electron chi connectivity index (χ2n) is 5.50. The highest BCUT2D eigenvalue weighted by molar-refractivity contribution is 6.04. The molecule has 1 N–H and O–H groups in total. The third-order valence-electron chi connectivity index (χ3n) is 3.85. The minimum atomic E-state index is -0.112. The summed E-state index contributed by atoms with van der Waals surface area (Å²) in [6.07, 6.45) is 3.15. The maximum atomic E-state index is 12.5. The van der Waals surface area contributed by atoms with Gasteiger partial charge in [-0.15, -0.1) is 0 Å². The van der Waals surface area contributed by atoms with Crippen molar-refractivity contribution < 1.29 is 4.79 Å². The maximum Gasteiger partial charge on any atom is 0.255 e. The van der Waals surface area contributed by atoms with E-state index in [0.29, 0.717) is 12.1 Å². The number of hydrogen-bond acceptors (Lipinski definition) is 3. The molecule has 23 heavy (non-hydrogen) atoms. The largest absolute Gasteiger partial charge is 0.322 e. The van der Waals surface area contributed by atoms with Crippen LogP contribution < -0.4 is 5.32 Å². The molecule has 0 aliphatic heterocycles. The van der Waals surface area contributed by atoms with E-state index in [1.54, 1.807) is 11.0 Å². The molecule has 116 valence electrons. The number of amides is 1. The predicted octanol–water partition coefficient (Wildman–Crippen LogP) is 3.20. The Balaban J connectivity index is 1.78. The van der Waals surface area contributed by atoms with Crippen LogP contribution in [0.25, 0.3) is 0 Å². The molecule has 3 rings (SSSR count). The summed E-state index contributed by atoms with van der Waals surface area (Å²) >= 11 is 0. The molecule has 1 aromatic heterocycles. The van der Waals surface area contributed by atoms with Crippen molar-refractivity contribution in [2.45, 2.75) is 20.4 Å². The van der Waals surface area contributed by atoms with Crippen LogP contribution in [0.1, 0.15) is 27.0 Å². The first-order valence-corrected chi connectivity index (χ1v) is 7.42. The van der Waals surface area contributed by atoms with Gasteiger partial charge in [0.1, 0.15) is 12.7 Å². The number of carbonyl (C=O) groups excluding carboxylic acids is 1. The van der Waals surface area contributed by atoms with Gasteiger partial charge in [0.15, 0.2) is 0 Å². The zero-order valence-corrected chi connectivity index (χ0v) is 13.2. The lowest BCUT2D eigenvalue weighted by Crippen LogP contribution is -2.13. The summed E-state index contributed by atoms with van der Waals surface area (Å²) in [6.45, 7) is 4.63. The van der Waals surface area contributed by atoms with E-state index in [0.717, 1.165) is 22.4 Å². The molecule has 0 saturated heterocycles. The normalized spacial score (nSPS) is 10.5. The number of nitrogens with zero attached hydrogens (tertiary/aromatic N) is 3. The third kappa shape index (κ3) is 3.45. The quantitative estimate of drug-likeness (QED) is 0.805. The Hall–Kier alpha value is -2.95. The number of hydrogen-bond donors (Lipinski definition) is 1. The number of carbonyl (C=O) groups is 1. The number of nitrogens with one attached hydrogen (secondary N) is 1. The SMILES string of the molecule is Cc1cccc(NC(=O)c2cccc(Cn3cncn3)c2)c1C. The molecule has 5 heteroatoms. The molecule has 0 radical (unpaired) electrons. The Morgan fingerprint density at radius 3 is 2.78 bits per heavy atom. The Morgan fingerprint density at radius 2 is 2.00 bits per heavy atom. The van der Waals surface area contributed by atoms with Gasteiger partial charge in [0.2, 0.25) is 0 Å². The lowest BCUT2D eigenvalue weighted by Gasteiger charge is -2.11. The van der Waals surface area contributed by atoms with Gasteiger partial charge in [0, 0.05) is 11.3 Å². The summed E-state index contributed by atoms with van der Waals surface area (Å²) in [4.78, 5) is 16.4. The molecule has 2 aromatic carbocycles. The Kier molecular flexibility index (Phi) is 4.19. The number of aromatic nitrogens is 3. The van der Waals surface area contributed by atoms with Crippen LogP contribution in [0.2, 0.25) is 0 Å². The Morgan fingerprint density at radius 1 is 1.17 bits per heavy atom. The van der Waals surface area contributed by atoms with Crippen molar-refractivity contribution in [2.24, 2.45) is 0 Å². The van der Waals surface area contributed by atoms with Crippen LogP contribution in [-0.4, -0.2) is 20.7 Å². The summed E-state index contributed by atoms with van der Waals surface area (Å²) in [5.74, 6) is -0.112. The number of benzene rings is 2. The standard InChI is InChI=1S/C18H18N4O/c1-13-5-3-8-17(14(13)2)21-18(23)16-7-4-6-15(9-16)10-22-12-19-11-20-22/h3-9,11-12H,10H2,1-2H3,(H,21,23). The number of rotatable bonds is 4. The van der Waals surface area contributed by atoms with Gasteiger partial charge in [-0.25, -0.2) is 9.67 Å². The van der Waals surface area contributed by atoms with Crippen molar-refractivity contribution in [1.29, 1.82) is 0 Å². The monoisotopic (exact) mass is 306 g/mol. The smallest absolute Gasteiger partial charge is 0.255 e. The summed E-state index contributed by atoms with van der Waals surface area (Å²) in [5, 5.41) is 7.06.